The number of aryl methyl sites for hydroxylation is 2. The van der Waals surface area contributed by atoms with Crippen molar-refractivity contribution in [3.8, 4) is 0 Å². The number of hydrogen-bond acceptors (Lipinski definition) is 2. The second-order valence-corrected chi connectivity index (χ2v) is 2.18. The van der Waals surface area contributed by atoms with E-state index in [9.17, 15) is 5.21 Å². The maximum absolute atomic E-state index is 9.81. The summed E-state index contributed by atoms with van der Waals surface area (Å²) in [4.78, 5) is 0. The van der Waals surface area contributed by atoms with Gasteiger partial charge < -0.3 is 10.4 Å². The van der Waals surface area contributed by atoms with Gasteiger partial charge >= 0.3 is 0 Å². The summed E-state index contributed by atoms with van der Waals surface area (Å²) in [5.74, 6) is 0. The van der Waals surface area contributed by atoms with Crippen LogP contribution in [0.1, 0.15) is 5.69 Å². The molecule has 0 unspecified atom stereocenters. The maximum Gasteiger partial charge on any atom is 0.243 e. The molecule has 54 valence electrons. The Morgan fingerprint density at radius 3 is 2.90 bits per heavy atom. The average Bonchev–Trinajstić information content (AvgIpc) is 2.13. The van der Waals surface area contributed by atoms with Crippen molar-refractivity contribution in [2.24, 2.45) is 19.3 Å². The quantitative estimate of drug-likeness (QED) is 0.301. The number of hydrogen-bond donors (Lipinski definition) is 0. The Kier molecular flexibility index (Phi) is 1.71. The lowest BCUT2D eigenvalue weighted by Crippen LogP contribution is -2.23. The van der Waals surface area contributed by atoms with Crippen LogP contribution in [0.4, 0.5) is 0 Å². The molecule has 0 saturated carbocycles. The number of rotatable bonds is 1. The van der Waals surface area contributed by atoms with E-state index < -0.39 is 0 Å². The van der Waals surface area contributed by atoms with Gasteiger partial charge in [-0.3, -0.25) is 0 Å². The van der Waals surface area contributed by atoms with E-state index in [0.717, 1.165) is 5.69 Å². The zero-order chi connectivity index (χ0) is 7.56. The van der Waals surface area contributed by atoms with Crippen molar-refractivity contribution < 1.29 is 4.57 Å². The summed E-state index contributed by atoms with van der Waals surface area (Å²) in [6.07, 6.45) is 4.96. The van der Waals surface area contributed by atoms with Gasteiger partial charge in [0.05, 0.1) is 20.3 Å². The normalized spacial score (nSPS) is 11.0. The fourth-order valence-corrected chi connectivity index (χ4v) is 0.851. The van der Waals surface area contributed by atoms with Crippen LogP contribution in [0.25, 0.3) is 0 Å². The molecular weight excluding hydrogens is 130 g/mol. The predicted octanol–water partition coefficient (Wildman–Crippen LogP) is -0.234. The van der Waals surface area contributed by atoms with Crippen molar-refractivity contribution in [2.75, 3.05) is 0 Å². The molecule has 1 aromatic rings. The van der Waals surface area contributed by atoms with Crippen molar-refractivity contribution in [1.29, 1.82) is 0 Å². The number of imidazole rings is 1. The molecule has 0 saturated heterocycles. The molecule has 0 amide bonds. The minimum Gasteiger partial charge on any atom is -0.792 e. The van der Waals surface area contributed by atoms with E-state index in [2.05, 4.69) is 5.16 Å². The first-order valence-electron chi connectivity index (χ1n) is 2.91. The van der Waals surface area contributed by atoms with Gasteiger partial charge in [-0.05, 0) is 0 Å². The van der Waals surface area contributed by atoms with Crippen LogP contribution in [0.2, 0.25) is 0 Å². The van der Waals surface area contributed by atoms with Crippen LogP contribution >= 0.6 is 0 Å². The molecule has 4 heteroatoms. The number of nitrogens with zero attached hydrogens (tertiary/aromatic N) is 3. The van der Waals surface area contributed by atoms with E-state index >= 15 is 0 Å². The first kappa shape index (κ1) is 6.80. The molecule has 0 spiro atoms. The molecule has 0 atom stereocenters. The molecule has 0 aliphatic heterocycles. The highest BCUT2D eigenvalue weighted by molar-refractivity contribution is 5.76. The Labute approximate surface area is 59.0 Å². The van der Waals surface area contributed by atoms with Crippen molar-refractivity contribution in [2.45, 2.75) is 0 Å². The van der Waals surface area contributed by atoms with E-state index in [1.165, 1.54) is 6.21 Å². The predicted molar refractivity (Wildman–Crippen MR) is 37.6 cm³/mol. The third-order valence-electron chi connectivity index (χ3n) is 1.28. The molecule has 0 fully saturated rings. The van der Waals surface area contributed by atoms with Gasteiger partial charge in [0.2, 0.25) is 6.33 Å². The Bertz CT molecular complexity index is 251. The van der Waals surface area contributed by atoms with Crippen LogP contribution in [0.5, 0.6) is 0 Å². The van der Waals surface area contributed by atoms with Gasteiger partial charge in [-0.25, -0.2) is 9.13 Å². The Morgan fingerprint density at radius 1 is 1.80 bits per heavy atom. The van der Waals surface area contributed by atoms with Gasteiger partial charge in [-0.15, -0.1) is 0 Å². The second-order valence-electron chi connectivity index (χ2n) is 2.18. The van der Waals surface area contributed by atoms with Gasteiger partial charge in [-0.2, -0.15) is 0 Å². The first-order valence-corrected chi connectivity index (χ1v) is 2.91. The molecule has 4 nitrogen and oxygen atoms in total. The molecule has 0 aliphatic rings. The zero-order valence-electron chi connectivity index (χ0n) is 5.98. The highest BCUT2D eigenvalue weighted by Crippen LogP contribution is 1.87. The summed E-state index contributed by atoms with van der Waals surface area (Å²) >= 11 is 0. The van der Waals surface area contributed by atoms with Crippen LogP contribution in [-0.4, -0.2) is 10.8 Å². The lowest BCUT2D eigenvalue weighted by molar-refractivity contribution is -0.670. The van der Waals surface area contributed by atoms with Gasteiger partial charge in [0.15, 0.2) is 5.69 Å². The summed E-state index contributed by atoms with van der Waals surface area (Å²) in [7, 11) is 3.75. The van der Waals surface area contributed by atoms with Crippen molar-refractivity contribution in [3.05, 3.63) is 23.4 Å². The average molecular weight is 139 g/mol. The highest BCUT2D eigenvalue weighted by Gasteiger charge is 2.01. The SMILES string of the molecule is Cn1c[n+](C)cc1/C=N/[O-]. The summed E-state index contributed by atoms with van der Waals surface area (Å²) < 4.78 is 3.68. The van der Waals surface area contributed by atoms with E-state index in [-0.39, 0.29) is 0 Å². The smallest absolute Gasteiger partial charge is 0.243 e. The van der Waals surface area contributed by atoms with Gasteiger partial charge in [-0.1, -0.05) is 0 Å². The van der Waals surface area contributed by atoms with Gasteiger partial charge in [0.1, 0.15) is 6.20 Å². The van der Waals surface area contributed by atoms with E-state index in [0.29, 0.717) is 0 Å². The molecule has 1 heterocycles. The maximum atomic E-state index is 9.81. The standard InChI is InChI=1S/C6H9N3O/c1-8-4-6(3-7-10)9(2)5-8/h3-5H,1-2H3/b7-3+. The number of aromatic nitrogens is 2. The van der Waals surface area contributed by atoms with Crippen LogP contribution < -0.4 is 4.57 Å². The van der Waals surface area contributed by atoms with Gasteiger partial charge in [0.25, 0.3) is 0 Å². The Morgan fingerprint density at radius 2 is 2.50 bits per heavy atom. The molecule has 1 rings (SSSR count). The molecular formula is C6H9N3O. The van der Waals surface area contributed by atoms with Crippen LogP contribution in [-0.2, 0) is 14.1 Å². The molecule has 10 heavy (non-hydrogen) atoms. The molecule has 0 aliphatic carbocycles. The summed E-state index contributed by atoms with van der Waals surface area (Å²) in [6, 6.07) is 0. The third-order valence-corrected chi connectivity index (χ3v) is 1.28. The largest absolute Gasteiger partial charge is 0.792 e. The monoisotopic (exact) mass is 139 g/mol. The third kappa shape index (κ3) is 1.15. The summed E-state index contributed by atoms with van der Waals surface area (Å²) in [5, 5.41) is 12.5. The zero-order valence-corrected chi connectivity index (χ0v) is 5.98. The Hall–Kier alpha value is -1.32. The molecule has 0 radical (unpaired) electrons. The van der Waals surface area contributed by atoms with E-state index in [4.69, 9.17) is 0 Å². The first-order chi connectivity index (χ1) is 4.74. The fraction of sp³-hybridized carbons (Fsp3) is 0.333. The topological polar surface area (TPSA) is 44.2 Å². The summed E-state index contributed by atoms with van der Waals surface area (Å²) in [6.45, 7) is 0. The van der Waals surface area contributed by atoms with Crippen LogP contribution in [0.3, 0.4) is 0 Å². The van der Waals surface area contributed by atoms with Crippen molar-refractivity contribution in [3.63, 3.8) is 0 Å². The van der Waals surface area contributed by atoms with Crippen molar-refractivity contribution in [1.82, 2.24) is 4.57 Å². The molecule has 0 bridgehead atoms. The minimum absolute atomic E-state index is 0.803. The second kappa shape index (κ2) is 2.51. The lowest BCUT2D eigenvalue weighted by Gasteiger charge is -1.87. The lowest BCUT2D eigenvalue weighted by atomic mass is 10.5. The highest BCUT2D eigenvalue weighted by atomic mass is 16.4. The molecule has 0 aromatic carbocycles. The van der Waals surface area contributed by atoms with E-state index in [1.54, 1.807) is 0 Å². The van der Waals surface area contributed by atoms with Crippen LogP contribution in [0.15, 0.2) is 17.7 Å². The molecule has 1 aromatic heterocycles. The summed E-state index contributed by atoms with van der Waals surface area (Å²) in [5.41, 5.74) is 0.803. The minimum atomic E-state index is 0.803. The Balaban J connectivity index is 3.03. The van der Waals surface area contributed by atoms with Crippen LogP contribution in [0, 0.1) is 5.21 Å². The molecule has 0 N–H and O–H groups in total. The van der Waals surface area contributed by atoms with Gasteiger partial charge in [0, 0.05) is 0 Å². The van der Waals surface area contributed by atoms with E-state index in [1.807, 2.05) is 35.8 Å². The fourth-order valence-electron chi connectivity index (χ4n) is 0.851. The van der Waals surface area contributed by atoms with Crippen molar-refractivity contribution >= 4 is 6.21 Å².